The molecule has 1 aromatic carbocycles. The molecule has 0 amide bonds. The fraction of sp³-hybridized carbons (Fsp3) is 0.538. The zero-order chi connectivity index (χ0) is 13.2. The van der Waals surface area contributed by atoms with E-state index in [2.05, 4.69) is 5.32 Å². The molecule has 0 saturated carbocycles. The van der Waals surface area contributed by atoms with Gasteiger partial charge in [-0.25, -0.2) is 0 Å². The van der Waals surface area contributed by atoms with Crippen LogP contribution < -0.4 is 5.32 Å². The molecule has 2 rings (SSSR count). The SMILES string of the molecule is CC1(C)OCC(CNCc2ccc(Cl)c(Cl)c2)O1. The van der Waals surface area contributed by atoms with Crippen LogP contribution in [0, 0.1) is 0 Å². The fourth-order valence-corrected chi connectivity index (χ4v) is 2.21. The van der Waals surface area contributed by atoms with Gasteiger partial charge in [0, 0.05) is 13.1 Å². The minimum absolute atomic E-state index is 0.0998. The highest BCUT2D eigenvalue weighted by atomic mass is 35.5. The maximum absolute atomic E-state index is 5.95. The maximum Gasteiger partial charge on any atom is 0.163 e. The number of halogens is 2. The number of ether oxygens (including phenoxy) is 2. The average molecular weight is 290 g/mol. The van der Waals surface area contributed by atoms with E-state index >= 15 is 0 Å². The van der Waals surface area contributed by atoms with Crippen LogP contribution in [0.4, 0.5) is 0 Å². The number of rotatable bonds is 4. The minimum atomic E-state index is -0.462. The summed E-state index contributed by atoms with van der Waals surface area (Å²) in [7, 11) is 0. The molecule has 0 aromatic heterocycles. The van der Waals surface area contributed by atoms with Crippen LogP contribution in [-0.4, -0.2) is 25.0 Å². The molecule has 5 heteroatoms. The molecular weight excluding hydrogens is 273 g/mol. The lowest BCUT2D eigenvalue weighted by Crippen LogP contribution is -2.30. The van der Waals surface area contributed by atoms with Crippen LogP contribution in [0.15, 0.2) is 18.2 Å². The summed E-state index contributed by atoms with van der Waals surface area (Å²) in [5.41, 5.74) is 1.10. The van der Waals surface area contributed by atoms with E-state index < -0.39 is 5.79 Å². The Hall–Kier alpha value is -0.320. The van der Waals surface area contributed by atoms with Gasteiger partial charge in [-0.1, -0.05) is 29.3 Å². The molecule has 1 heterocycles. The van der Waals surface area contributed by atoms with Crippen molar-refractivity contribution in [3.05, 3.63) is 33.8 Å². The molecule has 1 fully saturated rings. The average Bonchev–Trinajstić information content (AvgIpc) is 2.63. The van der Waals surface area contributed by atoms with Gasteiger partial charge in [-0.2, -0.15) is 0 Å². The number of hydrogen-bond donors (Lipinski definition) is 1. The highest BCUT2D eigenvalue weighted by molar-refractivity contribution is 6.42. The first-order chi connectivity index (χ1) is 8.46. The Kier molecular flexibility index (Phi) is 4.51. The second kappa shape index (κ2) is 5.76. The van der Waals surface area contributed by atoms with Crippen LogP contribution in [0.3, 0.4) is 0 Å². The van der Waals surface area contributed by atoms with Gasteiger partial charge in [-0.3, -0.25) is 0 Å². The van der Waals surface area contributed by atoms with Crippen LogP contribution in [0.2, 0.25) is 10.0 Å². The largest absolute Gasteiger partial charge is 0.348 e. The molecule has 1 saturated heterocycles. The van der Waals surface area contributed by atoms with Crippen molar-refractivity contribution < 1.29 is 9.47 Å². The molecule has 0 spiro atoms. The molecule has 1 unspecified atom stereocenters. The molecule has 18 heavy (non-hydrogen) atoms. The summed E-state index contributed by atoms with van der Waals surface area (Å²) in [5, 5.41) is 4.48. The lowest BCUT2D eigenvalue weighted by molar-refractivity contribution is -0.137. The third kappa shape index (κ3) is 3.84. The van der Waals surface area contributed by atoms with Crippen molar-refractivity contribution in [1.29, 1.82) is 0 Å². The van der Waals surface area contributed by atoms with Gasteiger partial charge in [0.2, 0.25) is 0 Å². The molecule has 1 aliphatic heterocycles. The fourth-order valence-electron chi connectivity index (χ4n) is 1.89. The molecule has 0 radical (unpaired) electrons. The highest BCUT2D eigenvalue weighted by Gasteiger charge is 2.32. The molecule has 3 nitrogen and oxygen atoms in total. The van der Waals surface area contributed by atoms with E-state index in [0.29, 0.717) is 16.7 Å². The van der Waals surface area contributed by atoms with Gasteiger partial charge in [0.05, 0.1) is 22.8 Å². The molecule has 0 bridgehead atoms. The Morgan fingerprint density at radius 1 is 1.33 bits per heavy atom. The second-order valence-electron chi connectivity index (χ2n) is 4.83. The van der Waals surface area contributed by atoms with Gasteiger partial charge in [0.1, 0.15) is 0 Å². The quantitative estimate of drug-likeness (QED) is 0.923. The van der Waals surface area contributed by atoms with E-state index in [1.807, 2.05) is 26.0 Å². The van der Waals surface area contributed by atoms with E-state index in [1.165, 1.54) is 0 Å². The van der Waals surface area contributed by atoms with E-state index in [1.54, 1.807) is 6.07 Å². The first-order valence-corrected chi connectivity index (χ1v) is 6.68. The van der Waals surface area contributed by atoms with Crippen molar-refractivity contribution in [1.82, 2.24) is 5.32 Å². The third-order valence-electron chi connectivity index (χ3n) is 2.75. The van der Waals surface area contributed by atoms with Crippen LogP contribution in [0.1, 0.15) is 19.4 Å². The molecule has 1 aromatic rings. The van der Waals surface area contributed by atoms with Crippen molar-refractivity contribution >= 4 is 23.2 Å². The molecule has 1 N–H and O–H groups in total. The van der Waals surface area contributed by atoms with Gasteiger partial charge in [0.15, 0.2) is 5.79 Å². The Labute approximate surface area is 117 Å². The van der Waals surface area contributed by atoms with Crippen LogP contribution in [-0.2, 0) is 16.0 Å². The van der Waals surface area contributed by atoms with Gasteiger partial charge in [0.25, 0.3) is 0 Å². The molecular formula is C13H17Cl2NO2. The van der Waals surface area contributed by atoms with Crippen molar-refractivity contribution in [2.45, 2.75) is 32.3 Å². The summed E-state index contributed by atoms with van der Waals surface area (Å²) < 4.78 is 11.2. The first kappa shape index (κ1) is 14.1. The van der Waals surface area contributed by atoms with Crippen LogP contribution in [0.25, 0.3) is 0 Å². The molecule has 1 atom stereocenters. The topological polar surface area (TPSA) is 30.5 Å². The number of nitrogens with one attached hydrogen (secondary N) is 1. The lowest BCUT2D eigenvalue weighted by atomic mass is 10.2. The predicted molar refractivity (Wildman–Crippen MR) is 73.1 cm³/mol. The van der Waals surface area contributed by atoms with Gasteiger partial charge in [-0.15, -0.1) is 0 Å². The smallest absolute Gasteiger partial charge is 0.163 e. The van der Waals surface area contributed by atoms with Gasteiger partial charge in [-0.05, 0) is 31.5 Å². The second-order valence-corrected chi connectivity index (χ2v) is 5.64. The summed E-state index contributed by atoms with van der Waals surface area (Å²) in [6.07, 6.45) is 0.0998. The minimum Gasteiger partial charge on any atom is -0.348 e. The van der Waals surface area contributed by atoms with Crippen molar-refractivity contribution in [3.63, 3.8) is 0 Å². The standard InChI is InChI=1S/C13H17Cl2NO2/c1-13(2)17-8-10(18-13)7-16-6-9-3-4-11(14)12(15)5-9/h3-5,10,16H,6-8H2,1-2H3. The monoisotopic (exact) mass is 289 g/mol. The summed E-state index contributed by atoms with van der Waals surface area (Å²) >= 11 is 11.8. The highest BCUT2D eigenvalue weighted by Crippen LogP contribution is 2.23. The Balaban J connectivity index is 1.77. The normalized spacial score (nSPS) is 22.3. The van der Waals surface area contributed by atoms with E-state index in [4.69, 9.17) is 32.7 Å². The van der Waals surface area contributed by atoms with Crippen LogP contribution in [0.5, 0.6) is 0 Å². The van der Waals surface area contributed by atoms with Crippen molar-refractivity contribution in [2.24, 2.45) is 0 Å². The summed E-state index contributed by atoms with van der Waals surface area (Å²) in [4.78, 5) is 0. The maximum atomic E-state index is 5.95. The van der Waals surface area contributed by atoms with E-state index in [-0.39, 0.29) is 6.10 Å². The Bertz CT molecular complexity index is 423. The van der Waals surface area contributed by atoms with E-state index in [0.717, 1.165) is 18.7 Å². The van der Waals surface area contributed by atoms with E-state index in [9.17, 15) is 0 Å². The van der Waals surface area contributed by atoms with Crippen LogP contribution >= 0.6 is 23.2 Å². The van der Waals surface area contributed by atoms with Crippen molar-refractivity contribution in [2.75, 3.05) is 13.2 Å². The summed E-state index contributed by atoms with van der Waals surface area (Å²) in [6.45, 7) is 5.96. The number of benzene rings is 1. The summed E-state index contributed by atoms with van der Waals surface area (Å²) in [5.74, 6) is -0.462. The number of hydrogen-bond acceptors (Lipinski definition) is 3. The van der Waals surface area contributed by atoms with Gasteiger partial charge >= 0.3 is 0 Å². The summed E-state index contributed by atoms with van der Waals surface area (Å²) in [6, 6.07) is 5.63. The zero-order valence-electron chi connectivity index (χ0n) is 10.5. The molecule has 0 aliphatic carbocycles. The Morgan fingerprint density at radius 3 is 2.72 bits per heavy atom. The third-order valence-corrected chi connectivity index (χ3v) is 3.49. The molecule has 100 valence electrons. The van der Waals surface area contributed by atoms with Crippen molar-refractivity contribution in [3.8, 4) is 0 Å². The zero-order valence-corrected chi connectivity index (χ0v) is 12.0. The Morgan fingerprint density at radius 2 is 2.11 bits per heavy atom. The molecule has 1 aliphatic rings. The first-order valence-electron chi connectivity index (χ1n) is 5.93. The predicted octanol–water partition coefficient (Wildman–Crippen LogP) is 3.23. The lowest BCUT2D eigenvalue weighted by Gasteiger charge is -2.17. The van der Waals surface area contributed by atoms with Gasteiger partial charge < -0.3 is 14.8 Å².